The Hall–Kier alpha value is -1.12. The van der Waals surface area contributed by atoms with Crippen LogP contribution in [0.1, 0.15) is 19.1 Å². The summed E-state index contributed by atoms with van der Waals surface area (Å²) in [6.45, 7) is 1.99. The Morgan fingerprint density at radius 1 is 1.25 bits per heavy atom. The Bertz CT molecular complexity index is 707. The number of hydrogen-bond acceptors (Lipinski definition) is 4. The van der Waals surface area contributed by atoms with Gasteiger partial charge in [0.2, 0.25) is 0 Å². The Kier molecular flexibility index (Phi) is 7.51. The van der Waals surface area contributed by atoms with Crippen LogP contribution in [0.3, 0.4) is 0 Å². The van der Waals surface area contributed by atoms with Crippen molar-refractivity contribution in [3.05, 3.63) is 49.7 Å². The van der Waals surface area contributed by atoms with Gasteiger partial charge in [0.25, 0.3) is 5.91 Å². The summed E-state index contributed by atoms with van der Waals surface area (Å²) in [7, 11) is 0. The third-order valence-corrected chi connectivity index (χ3v) is 4.83. The summed E-state index contributed by atoms with van der Waals surface area (Å²) in [4.78, 5) is 11.9. The molecule has 5 nitrogen and oxygen atoms in total. The number of anilines is 1. The predicted molar refractivity (Wildman–Crippen MR) is 106 cm³/mol. The molecule has 0 spiro atoms. The predicted octanol–water partition coefficient (Wildman–Crippen LogP) is 5.10. The summed E-state index contributed by atoms with van der Waals surface area (Å²) >= 11 is 10.3. The Morgan fingerprint density at radius 2 is 1.96 bits per heavy atom. The summed E-state index contributed by atoms with van der Waals surface area (Å²) < 4.78 is 7.91. The third kappa shape index (κ3) is 6.07. The van der Waals surface area contributed by atoms with Crippen molar-refractivity contribution in [3.8, 4) is 0 Å². The molecule has 8 heteroatoms. The zero-order valence-electron chi connectivity index (χ0n) is 12.9. The maximum absolute atomic E-state index is 11.9. The van der Waals surface area contributed by atoms with E-state index in [0.29, 0.717) is 0 Å². The number of aryl methyl sites for hydroxylation is 1. The second kappa shape index (κ2) is 9.39. The highest BCUT2D eigenvalue weighted by Gasteiger charge is 2.08. The fraction of sp³-hybridized carbons (Fsp3) is 0.250. The molecule has 0 radical (unpaired) electrons. The highest BCUT2D eigenvalue weighted by Crippen LogP contribution is 2.34. The molecule has 128 valence electrons. The molecule has 0 aliphatic carbocycles. The van der Waals surface area contributed by atoms with E-state index in [1.807, 2.05) is 31.2 Å². The van der Waals surface area contributed by atoms with Gasteiger partial charge in [0.15, 0.2) is 0 Å². The van der Waals surface area contributed by atoms with Crippen LogP contribution in [-0.4, -0.2) is 18.2 Å². The van der Waals surface area contributed by atoms with Gasteiger partial charge in [-0.25, -0.2) is 5.43 Å². The Balaban J connectivity index is 1.80. The second-order valence-electron chi connectivity index (χ2n) is 5.06. The van der Waals surface area contributed by atoms with Gasteiger partial charge in [0, 0.05) is 25.6 Å². The van der Waals surface area contributed by atoms with E-state index in [0.717, 1.165) is 43.4 Å². The summed E-state index contributed by atoms with van der Waals surface area (Å²) in [5.74, 6) is 0.691. The summed E-state index contributed by atoms with van der Waals surface area (Å²) in [6.07, 6.45) is 3.13. The lowest BCUT2D eigenvalue weighted by atomic mass is 10.2. The number of carbonyl (C=O) groups is 1. The van der Waals surface area contributed by atoms with Crippen molar-refractivity contribution in [2.75, 3.05) is 11.9 Å². The van der Waals surface area contributed by atoms with Gasteiger partial charge in [0.05, 0.1) is 18.5 Å². The molecule has 0 aliphatic rings. The molecule has 0 atom stereocenters. The van der Waals surface area contributed by atoms with E-state index in [1.54, 1.807) is 6.26 Å². The number of nitrogens with zero attached hydrogens (tertiary/aromatic N) is 1. The zero-order valence-corrected chi connectivity index (χ0v) is 17.7. The average Bonchev–Trinajstić information content (AvgIpc) is 3.03. The lowest BCUT2D eigenvalue weighted by Gasteiger charge is -2.10. The van der Waals surface area contributed by atoms with Crippen LogP contribution in [0.2, 0.25) is 0 Å². The lowest BCUT2D eigenvalue weighted by Crippen LogP contribution is -2.27. The number of hydrogen-bond donors (Lipinski definition) is 2. The molecule has 2 rings (SSSR count). The zero-order chi connectivity index (χ0) is 17.5. The second-order valence-corrected chi connectivity index (χ2v) is 7.68. The van der Waals surface area contributed by atoms with Gasteiger partial charge in [-0.3, -0.25) is 4.79 Å². The standard InChI is InChI=1S/C16H16Br3N3O2/c1-10(4-5-12-3-2-6-24-12)21-22-15(23)9-20-16-13(18)7-11(17)8-14(16)19/h2-3,6-8,20H,4-5,9H2,1H3,(H,22,23)/b21-10-. The summed E-state index contributed by atoms with van der Waals surface area (Å²) in [6, 6.07) is 7.58. The average molecular weight is 522 g/mol. The van der Waals surface area contributed by atoms with E-state index >= 15 is 0 Å². The van der Waals surface area contributed by atoms with Crippen molar-refractivity contribution in [2.45, 2.75) is 19.8 Å². The van der Waals surface area contributed by atoms with Gasteiger partial charge in [-0.15, -0.1) is 0 Å². The summed E-state index contributed by atoms with van der Waals surface area (Å²) in [5, 5.41) is 7.17. The highest BCUT2D eigenvalue weighted by atomic mass is 79.9. The first-order valence-electron chi connectivity index (χ1n) is 7.18. The fourth-order valence-corrected chi connectivity index (χ4v) is 4.43. The Labute approximate surface area is 165 Å². The number of benzene rings is 1. The van der Waals surface area contributed by atoms with E-state index in [-0.39, 0.29) is 12.5 Å². The van der Waals surface area contributed by atoms with E-state index in [1.165, 1.54) is 0 Å². The van der Waals surface area contributed by atoms with Crippen LogP contribution >= 0.6 is 47.8 Å². The lowest BCUT2D eigenvalue weighted by molar-refractivity contribution is -0.119. The smallest absolute Gasteiger partial charge is 0.259 e. The van der Waals surface area contributed by atoms with Crippen LogP contribution in [0.4, 0.5) is 5.69 Å². The van der Waals surface area contributed by atoms with Crippen LogP contribution in [0.15, 0.2) is 53.5 Å². The first-order valence-corrected chi connectivity index (χ1v) is 9.56. The van der Waals surface area contributed by atoms with Crippen molar-refractivity contribution in [1.82, 2.24) is 5.43 Å². The molecular formula is C16H16Br3N3O2. The molecule has 0 saturated heterocycles. The van der Waals surface area contributed by atoms with E-state index < -0.39 is 0 Å². The van der Waals surface area contributed by atoms with E-state index in [9.17, 15) is 4.79 Å². The number of furan rings is 1. The van der Waals surface area contributed by atoms with Gasteiger partial charge in [0.1, 0.15) is 5.76 Å². The number of nitrogens with one attached hydrogen (secondary N) is 2. The molecule has 1 aromatic carbocycles. The quantitative estimate of drug-likeness (QED) is 0.393. The van der Waals surface area contributed by atoms with Gasteiger partial charge in [-0.05, 0) is 69.5 Å². The minimum Gasteiger partial charge on any atom is -0.469 e. The molecule has 2 aromatic rings. The van der Waals surface area contributed by atoms with Gasteiger partial charge >= 0.3 is 0 Å². The topological polar surface area (TPSA) is 66.6 Å². The van der Waals surface area contributed by atoms with Gasteiger partial charge < -0.3 is 9.73 Å². The molecular weight excluding hydrogens is 506 g/mol. The molecule has 2 N–H and O–H groups in total. The molecule has 0 saturated carbocycles. The SMILES string of the molecule is C/C(CCc1ccco1)=N/NC(=O)CNc1c(Br)cc(Br)cc1Br. The third-order valence-electron chi connectivity index (χ3n) is 3.12. The molecule has 1 amide bonds. The van der Waals surface area contributed by atoms with Crippen molar-refractivity contribution in [3.63, 3.8) is 0 Å². The van der Waals surface area contributed by atoms with Crippen molar-refractivity contribution >= 4 is 65.1 Å². The monoisotopic (exact) mass is 519 g/mol. The van der Waals surface area contributed by atoms with E-state index in [2.05, 4.69) is 63.6 Å². The minimum absolute atomic E-state index is 0.119. The molecule has 1 aromatic heterocycles. The maximum atomic E-state index is 11.9. The molecule has 0 aliphatic heterocycles. The largest absolute Gasteiger partial charge is 0.469 e. The van der Waals surface area contributed by atoms with E-state index in [4.69, 9.17) is 4.42 Å². The van der Waals surface area contributed by atoms with Gasteiger partial charge in [-0.2, -0.15) is 5.10 Å². The Morgan fingerprint density at radius 3 is 2.58 bits per heavy atom. The summed E-state index contributed by atoms with van der Waals surface area (Å²) in [5.41, 5.74) is 4.20. The number of carbonyl (C=O) groups excluding carboxylic acids is 1. The highest BCUT2D eigenvalue weighted by molar-refractivity contribution is 9.11. The van der Waals surface area contributed by atoms with Crippen LogP contribution in [0.5, 0.6) is 0 Å². The number of hydrazone groups is 1. The number of amides is 1. The number of rotatable bonds is 7. The molecule has 0 bridgehead atoms. The first kappa shape index (κ1) is 19.2. The molecule has 0 unspecified atom stereocenters. The van der Waals surface area contributed by atoms with Crippen LogP contribution in [0, 0.1) is 0 Å². The van der Waals surface area contributed by atoms with Crippen molar-refractivity contribution in [1.29, 1.82) is 0 Å². The normalized spacial score (nSPS) is 11.4. The van der Waals surface area contributed by atoms with Crippen molar-refractivity contribution < 1.29 is 9.21 Å². The first-order chi connectivity index (χ1) is 11.5. The van der Waals surface area contributed by atoms with Crippen LogP contribution in [-0.2, 0) is 11.2 Å². The van der Waals surface area contributed by atoms with Gasteiger partial charge in [-0.1, -0.05) is 15.9 Å². The molecule has 1 heterocycles. The molecule has 0 fully saturated rings. The molecule has 24 heavy (non-hydrogen) atoms. The maximum Gasteiger partial charge on any atom is 0.259 e. The van der Waals surface area contributed by atoms with Crippen molar-refractivity contribution in [2.24, 2.45) is 5.10 Å². The fourth-order valence-electron chi connectivity index (χ4n) is 1.89. The van der Waals surface area contributed by atoms with Crippen LogP contribution < -0.4 is 10.7 Å². The van der Waals surface area contributed by atoms with Crippen LogP contribution in [0.25, 0.3) is 0 Å². The number of halogens is 3. The minimum atomic E-state index is -0.214.